The van der Waals surface area contributed by atoms with Gasteiger partial charge < -0.3 is 10.2 Å². The van der Waals surface area contributed by atoms with Crippen molar-refractivity contribution in [2.75, 3.05) is 11.9 Å². The lowest BCUT2D eigenvalue weighted by molar-refractivity contribution is -0.134. The van der Waals surface area contributed by atoms with Crippen molar-refractivity contribution in [3.05, 3.63) is 24.3 Å². The predicted octanol–water partition coefficient (Wildman–Crippen LogP) is 3.14. The molecule has 0 bridgehead atoms. The molecule has 0 radical (unpaired) electrons. The highest BCUT2D eigenvalue weighted by atomic mass is 32.2. The van der Waals surface area contributed by atoms with Crippen LogP contribution >= 0.6 is 11.8 Å². The van der Waals surface area contributed by atoms with Crippen LogP contribution in [0, 0.1) is 5.92 Å². The average molecular weight is 318 g/mol. The van der Waals surface area contributed by atoms with Gasteiger partial charge in [-0.25, -0.2) is 0 Å². The summed E-state index contributed by atoms with van der Waals surface area (Å²) in [7, 11) is 0. The van der Waals surface area contributed by atoms with Gasteiger partial charge in [-0.15, -0.1) is 11.8 Å². The minimum atomic E-state index is -0.323. The third-order valence-corrected chi connectivity index (χ3v) is 5.73. The van der Waals surface area contributed by atoms with Crippen molar-refractivity contribution in [3.8, 4) is 0 Å². The number of para-hydroxylation sites is 1. The van der Waals surface area contributed by atoms with Crippen LogP contribution in [-0.4, -0.2) is 34.6 Å². The lowest BCUT2D eigenvalue weighted by Gasteiger charge is -2.30. The number of carbonyl (C=O) groups excluding carboxylic acids is 2. The molecule has 2 heterocycles. The molecule has 0 aliphatic carbocycles. The Morgan fingerprint density at radius 1 is 1.41 bits per heavy atom. The van der Waals surface area contributed by atoms with Crippen LogP contribution in [0.5, 0.6) is 0 Å². The Balaban J connectivity index is 1.68. The lowest BCUT2D eigenvalue weighted by atomic mass is 10.0. The molecule has 0 aromatic heterocycles. The summed E-state index contributed by atoms with van der Waals surface area (Å²) in [5, 5.41) is 2.59. The first-order valence-electron chi connectivity index (χ1n) is 7.92. The minimum absolute atomic E-state index is 0.0580. The summed E-state index contributed by atoms with van der Waals surface area (Å²) in [6.07, 6.45) is 2.44. The van der Waals surface area contributed by atoms with Gasteiger partial charge in [0.05, 0.1) is 10.9 Å². The standard InChI is InChI=1S/C17H22N2O2S/c1-11(2)13-7-5-9-19(13)16(20)10-15-17(21)18-12-6-3-4-8-14(12)22-15/h3-4,6,8,11,13,15H,5,7,9-10H2,1-2H3,(H,18,21)/t13-,15-/m0/s1. The van der Waals surface area contributed by atoms with Gasteiger partial charge in [0.2, 0.25) is 11.8 Å². The second kappa shape index (κ2) is 6.32. The van der Waals surface area contributed by atoms with Crippen LogP contribution in [0.15, 0.2) is 29.2 Å². The first-order valence-corrected chi connectivity index (χ1v) is 8.80. The molecule has 1 saturated heterocycles. The van der Waals surface area contributed by atoms with E-state index in [1.54, 1.807) is 0 Å². The normalized spacial score (nSPS) is 24.3. The Morgan fingerprint density at radius 3 is 2.95 bits per heavy atom. The third-order valence-electron chi connectivity index (χ3n) is 4.46. The van der Waals surface area contributed by atoms with Crippen molar-refractivity contribution < 1.29 is 9.59 Å². The van der Waals surface area contributed by atoms with Gasteiger partial charge >= 0.3 is 0 Å². The molecule has 2 aliphatic rings. The van der Waals surface area contributed by atoms with Gasteiger partial charge in [-0.3, -0.25) is 9.59 Å². The first-order chi connectivity index (χ1) is 10.6. The van der Waals surface area contributed by atoms with E-state index in [-0.39, 0.29) is 23.5 Å². The van der Waals surface area contributed by atoms with E-state index >= 15 is 0 Å². The van der Waals surface area contributed by atoms with Crippen LogP contribution in [0.1, 0.15) is 33.1 Å². The maximum Gasteiger partial charge on any atom is 0.238 e. The maximum absolute atomic E-state index is 12.6. The fourth-order valence-corrected chi connectivity index (χ4v) is 4.40. The van der Waals surface area contributed by atoms with E-state index in [2.05, 4.69) is 19.2 Å². The molecule has 0 unspecified atom stereocenters. The average Bonchev–Trinajstić information content (AvgIpc) is 2.97. The van der Waals surface area contributed by atoms with Crippen LogP contribution in [0.2, 0.25) is 0 Å². The zero-order valence-electron chi connectivity index (χ0n) is 13.0. The quantitative estimate of drug-likeness (QED) is 0.931. The molecular weight excluding hydrogens is 296 g/mol. The predicted molar refractivity (Wildman–Crippen MR) is 88.9 cm³/mol. The fourth-order valence-electron chi connectivity index (χ4n) is 3.30. The highest BCUT2D eigenvalue weighted by molar-refractivity contribution is 8.01. The number of nitrogens with zero attached hydrogens (tertiary/aromatic N) is 1. The monoisotopic (exact) mass is 318 g/mol. The Kier molecular flexibility index (Phi) is 4.43. The molecule has 2 amide bonds. The van der Waals surface area contributed by atoms with Gasteiger partial charge in [-0.2, -0.15) is 0 Å². The van der Waals surface area contributed by atoms with Gasteiger partial charge in [0.15, 0.2) is 0 Å². The van der Waals surface area contributed by atoms with Crippen LogP contribution in [0.3, 0.4) is 0 Å². The van der Waals surface area contributed by atoms with E-state index in [1.165, 1.54) is 11.8 Å². The Bertz CT molecular complexity index is 588. The van der Waals surface area contributed by atoms with Gasteiger partial charge in [0, 0.05) is 23.9 Å². The van der Waals surface area contributed by atoms with Crippen molar-refractivity contribution in [2.45, 2.75) is 49.3 Å². The number of rotatable bonds is 3. The van der Waals surface area contributed by atoms with E-state index in [1.807, 2.05) is 29.2 Å². The number of anilines is 1. The molecule has 4 nitrogen and oxygen atoms in total. The fraction of sp³-hybridized carbons (Fsp3) is 0.529. The van der Waals surface area contributed by atoms with Crippen LogP contribution in [0.25, 0.3) is 0 Å². The highest BCUT2D eigenvalue weighted by Gasteiger charge is 2.35. The molecule has 22 heavy (non-hydrogen) atoms. The van der Waals surface area contributed by atoms with E-state index in [4.69, 9.17) is 0 Å². The van der Waals surface area contributed by atoms with Crippen molar-refractivity contribution in [1.29, 1.82) is 0 Å². The molecule has 2 atom stereocenters. The summed E-state index contributed by atoms with van der Waals surface area (Å²) >= 11 is 1.50. The van der Waals surface area contributed by atoms with Gasteiger partial charge in [0.25, 0.3) is 0 Å². The summed E-state index contributed by atoms with van der Waals surface area (Å²) in [6, 6.07) is 8.08. The summed E-state index contributed by atoms with van der Waals surface area (Å²) in [5.41, 5.74) is 0.849. The van der Waals surface area contributed by atoms with E-state index in [0.29, 0.717) is 12.0 Å². The number of amides is 2. The largest absolute Gasteiger partial charge is 0.339 e. The second-order valence-corrected chi connectivity index (χ2v) is 7.58. The van der Waals surface area contributed by atoms with E-state index in [0.717, 1.165) is 30.0 Å². The number of nitrogens with one attached hydrogen (secondary N) is 1. The minimum Gasteiger partial charge on any atom is -0.339 e. The van der Waals surface area contributed by atoms with Gasteiger partial charge in [-0.1, -0.05) is 26.0 Å². The van der Waals surface area contributed by atoms with Crippen LogP contribution in [-0.2, 0) is 9.59 Å². The molecule has 5 heteroatoms. The zero-order valence-corrected chi connectivity index (χ0v) is 13.9. The number of fused-ring (bicyclic) bond motifs is 1. The molecule has 1 N–H and O–H groups in total. The molecule has 0 spiro atoms. The summed E-state index contributed by atoms with van der Waals surface area (Å²) in [6.45, 7) is 5.15. The molecule has 118 valence electrons. The molecule has 1 aromatic rings. The van der Waals surface area contributed by atoms with Crippen LogP contribution in [0.4, 0.5) is 5.69 Å². The zero-order chi connectivity index (χ0) is 15.7. The molecule has 3 rings (SSSR count). The summed E-state index contributed by atoms with van der Waals surface area (Å²) < 4.78 is 0. The van der Waals surface area contributed by atoms with Crippen molar-refractivity contribution >= 4 is 29.3 Å². The Morgan fingerprint density at radius 2 is 2.18 bits per heavy atom. The second-order valence-electron chi connectivity index (χ2n) is 6.34. The maximum atomic E-state index is 12.6. The van der Waals surface area contributed by atoms with Crippen molar-refractivity contribution in [2.24, 2.45) is 5.92 Å². The molecule has 0 saturated carbocycles. The van der Waals surface area contributed by atoms with Crippen LogP contribution < -0.4 is 5.32 Å². The molecule has 2 aliphatic heterocycles. The number of hydrogen-bond donors (Lipinski definition) is 1. The summed E-state index contributed by atoms with van der Waals surface area (Å²) in [5.74, 6) is 0.528. The first kappa shape index (κ1) is 15.4. The molecule has 1 aromatic carbocycles. The summed E-state index contributed by atoms with van der Waals surface area (Å²) in [4.78, 5) is 27.9. The Hall–Kier alpha value is -1.49. The van der Waals surface area contributed by atoms with E-state index in [9.17, 15) is 9.59 Å². The Labute approximate surface area is 135 Å². The van der Waals surface area contributed by atoms with Gasteiger partial charge in [-0.05, 0) is 30.9 Å². The SMILES string of the molecule is CC(C)[C@@H]1CCCN1C(=O)C[C@@H]1Sc2ccccc2NC1=O. The lowest BCUT2D eigenvalue weighted by Crippen LogP contribution is -2.41. The smallest absolute Gasteiger partial charge is 0.238 e. The number of benzene rings is 1. The topological polar surface area (TPSA) is 49.4 Å². The molecular formula is C17H22N2O2S. The number of likely N-dealkylation sites (tertiary alicyclic amines) is 1. The highest BCUT2D eigenvalue weighted by Crippen LogP contribution is 2.37. The number of thioether (sulfide) groups is 1. The number of carbonyl (C=O) groups is 2. The van der Waals surface area contributed by atoms with E-state index < -0.39 is 0 Å². The van der Waals surface area contributed by atoms with Gasteiger partial charge in [0.1, 0.15) is 0 Å². The third kappa shape index (κ3) is 3.00. The number of hydrogen-bond acceptors (Lipinski definition) is 3. The molecule has 1 fully saturated rings. The van der Waals surface area contributed by atoms with Crippen molar-refractivity contribution in [1.82, 2.24) is 4.90 Å². The van der Waals surface area contributed by atoms with Crippen molar-refractivity contribution in [3.63, 3.8) is 0 Å².